The Kier molecular flexibility index (Phi) is 2.59. The Hall–Kier alpha value is -1.95. The quantitative estimate of drug-likeness (QED) is 0.743. The number of rotatable bonds is 2. The average Bonchev–Trinajstić information content (AvgIpc) is 2.28. The molecule has 0 aliphatic heterocycles. The molecule has 0 spiro atoms. The van der Waals surface area contributed by atoms with Crippen molar-refractivity contribution in [2.24, 2.45) is 0 Å². The molecule has 0 aromatic carbocycles. The molecule has 0 saturated carbocycles. The fraction of sp³-hybridized carbons (Fsp3) is 0.250. The summed E-state index contributed by atoms with van der Waals surface area (Å²) in [5.41, 5.74) is 2.46. The first-order valence-corrected chi connectivity index (χ1v) is 4.99. The molecule has 0 bridgehead atoms. The number of nitrogens with zero attached hydrogens (tertiary/aromatic N) is 3. The number of aryl methyl sites for hydroxylation is 1. The van der Waals surface area contributed by atoms with Crippen molar-refractivity contribution < 1.29 is 0 Å². The molecule has 0 atom stereocenters. The second-order valence-corrected chi connectivity index (χ2v) is 3.41. The van der Waals surface area contributed by atoms with Gasteiger partial charge >= 0.3 is 0 Å². The van der Waals surface area contributed by atoms with E-state index < -0.39 is 0 Å². The molecule has 74 valence electrons. The Bertz CT molecular complexity index is 526. The standard InChI is InChI=1S/C12H11N3/c1-2-3-11-9(7-13)6-10-8-14-5-4-12(10)15-11/h4-6,8H,2-3H2,1H3. The van der Waals surface area contributed by atoms with Crippen LogP contribution in [0.5, 0.6) is 0 Å². The van der Waals surface area contributed by atoms with Gasteiger partial charge in [-0.3, -0.25) is 9.97 Å². The van der Waals surface area contributed by atoms with Crippen molar-refractivity contribution >= 4 is 10.9 Å². The number of aromatic nitrogens is 2. The Morgan fingerprint density at radius 1 is 1.47 bits per heavy atom. The zero-order chi connectivity index (χ0) is 10.7. The molecule has 15 heavy (non-hydrogen) atoms. The SMILES string of the molecule is CCCc1nc2ccncc2cc1C#N. The first-order valence-electron chi connectivity index (χ1n) is 4.99. The number of pyridine rings is 2. The fourth-order valence-corrected chi connectivity index (χ4v) is 1.58. The summed E-state index contributed by atoms with van der Waals surface area (Å²) in [4.78, 5) is 8.49. The van der Waals surface area contributed by atoms with Crippen LogP contribution in [0.25, 0.3) is 10.9 Å². The summed E-state index contributed by atoms with van der Waals surface area (Å²) in [6, 6.07) is 5.91. The first-order chi connectivity index (χ1) is 7.35. The Balaban J connectivity index is 2.65. The third-order valence-electron chi connectivity index (χ3n) is 2.30. The highest BCUT2D eigenvalue weighted by molar-refractivity contribution is 5.79. The van der Waals surface area contributed by atoms with Gasteiger partial charge in [-0.25, -0.2) is 0 Å². The molecule has 2 heterocycles. The van der Waals surface area contributed by atoms with Crippen molar-refractivity contribution in [2.75, 3.05) is 0 Å². The van der Waals surface area contributed by atoms with Crippen LogP contribution in [-0.4, -0.2) is 9.97 Å². The van der Waals surface area contributed by atoms with Gasteiger partial charge in [0.15, 0.2) is 0 Å². The Labute approximate surface area is 88.4 Å². The van der Waals surface area contributed by atoms with E-state index in [2.05, 4.69) is 23.0 Å². The smallest absolute Gasteiger partial charge is 0.101 e. The van der Waals surface area contributed by atoms with Gasteiger partial charge in [0, 0.05) is 17.8 Å². The van der Waals surface area contributed by atoms with Gasteiger partial charge < -0.3 is 0 Å². The van der Waals surface area contributed by atoms with Crippen LogP contribution in [0.1, 0.15) is 24.6 Å². The zero-order valence-corrected chi connectivity index (χ0v) is 8.57. The van der Waals surface area contributed by atoms with E-state index in [4.69, 9.17) is 5.26 Å². The van der Waals surface area contributed by atoms with Gasteiger partial charge in [0.05, 0.1) is 16.8 Å². The zero-order valence-electron chi connectivity index (χ0n) is 8.57. The topological polar surface area (TPSA) is 49.6 Å². The van der Waals surface area contributed by atoms with Crippen LogP contribution in [0.15, 0.2) is 24.5 Å². The lowest BCUT2D eigenvalue weighted by Crippen LogP contribution is -1.95. The molecular formula is C12H11N3. The molecule has 0 unspecified atom stereocenters. The summed E-state index contributed by atoms with van der Waals surface area (Å²) in [7, 11) is 0. The van der Waals surface area contributed by atoms with Crippen molar-refractivity contribution in [1.82, 2.24) is 9.97 Å². The third kappa shape index (κ3) is 1.79. The van der Waals surface area contributed by atoms with E-state index in [1.165, 1.54) is 0 Å². The predicted octanol–water partition coefficient (Wildman–Crippen LogP) is 2.45. The second kappa shape index (κ2) is 4.05. The van der Waals surface area contributed by atoms with Crippen LogP contribution in [0, 0.1) is 11.3 Å². The van der Waals surface area contributed by atoms with E-state index >= 15 is 0 Å². The highest BCUT2D eigenvalue weighted by atomic mass is 14.7. The maximum Gasteiger partial charge on any atom is 0.101 e. The summed E-state index contributed by atoms with van der Waals surface area (Å²) in [6.45, 7) is 2.08. The van der Waals surface area contributed by atoms with Gasteiger partial charge in [0.1, 0.15) is 6.07 Å². The lowest BCUT2D eigenvalue weighted by Gasteiger charge is -2.03. The minimum atomic E-state index is 0.664. The molecule has 0 aliphatic rings. The number of hydrogen-bond acceptors (Lipinski definition) is 3. The van der Waals surface area contributed by atoms with Crippen LogP contribution in [0.4, 0.5) is 0 Å². The molecule has 2 rings (SSSR count). The Morgan fingerprint density at radius 3 is 3.07 bits per heavy atom. The van der Waals surface area contributed by atoms with Gasteiger partial charge in [-0.15, -0.1) is 0 Å². The van der Waals surface area contributed by atoms with Crippen LogP contribution in [0.3, 0.4) is 0 Å². The average molecular weight is 197 g/mol. The molecule has 0 amide bonds. The maximum absolute atomic E-state index is 8.99. The van der Waals surface area contributed by atoms with Gasteiger partial charge in [-0.2, -0.15) is 5.26 Å². The summed E-state index contributed by atoms with van der Waals surface area (Å²) in [6.07, 6.45) is 5.30. The molecule has 2 aromatic rings. The van der Waals surface area contributed by atoms with Gasteiger partial charge in [0.2, 0.25) is 0 Å². The van der Waals surface area contributed by atoms with Crippen molar-refractivity contribution in [3.05, 3.63) is 35.8 Å². The van der Waals surface area contributed by atoms with Crippen molar-refractivity contribution in [2.45, 2.75) is 19.8 Å². The normalized spacial score (nSPS) is 10.1. The summed E-state index contributed by atoms with van der Waals surface area (Å²) in [5.74, 6) is 0. The number of hydrogen-bond donors (Lipinski definition) is 0. The molecule has 3 nitrogen and oxygen atoms in total. The van der Waals surface area contributed by atoms with Crippen LogP contribution in [-0.2, 0) is 6.42 Å². The first kappa shape index (κ1) is 9.60. The van der Waals surface area contributed by atoms with Crippen molar-refractivity contribution in [3.63, 3.8) is 0 Å². The Morgan fingerprint density at radius 2 is 2.33 bits per heavy atom. The van der Waals surface area contributed by atoms with E-state index in [0.717, 1.165) is 29.4 Å². The van der Waals surface area contributed by atoms with E-state index in [0.29, 0.717) is 5.56 Å². The lowest BCUT2D eigenvalue weighted by atomic mass is 10.1. The largest absolute Gasteiger partial charge is 0.264 e. The van der Waals surface area contributed by atoms with Crippen LogP contribution >= 0.6 is 0 Å². The highest BCUT2D eigenvalue weighted by Crippen LogP contribution is 2.16. The minimum absolute atomic E-state index is 0.664. The van der Waals surface area contributed by atoms with E-state index in [9.17, 15) is 0 Å². The molecule has 2 aromatic heterocycles. The lowest BCUT2D eigenvalue weighted by molar-refractivity contribution is 0.885. The molecule has 0 saturated heterocycles. The third-order valence-corrected chi connectivity index (χ3v) is 2.30. The van der Waals surface area contributed by atoms with Crippen molar-refractivity contribution in [1.29, 1.82) is 5.26 Å². The van der Waals surface area contributed by atoms with Gasteiger partial charge in [-0.1, -0.05) is 13.3 Å². The molecule has 0 radical (unpaired) electrons. The predicted molar refractivity (Wildman–Crippen MR) is 58.2 cm³/mol. The molecule has 0 aliphatic carbocycles. The minimum Gasteiger partial charge on any atom is -0.264 e. The summed E-state index contributed by atoms with van der Waals surface area (Å²) in [5, 5.41) is 9.92. The van der Waals surface area contributed by atoms with E-state index in [1.54, 1.807) is 12.4 Å². The van der Waals surface area contributed by atoms with Crippen molar-refractivity contribution in [3.8, 4) is 6.07 Å². The second-order valence-electron chi connectivity index (χ2n) is 3.41. The fourth-order valence-electron chi connectivity index (χ4n) is 1.58. The number of fused-ring (bicyclic) bond motifs is 1. The highest BCUT2D eigenvalue weighted by Gasteiger charge is 2.05. The van der Waals surface area contributed by atoms with E-state index in [-0.39, 0.29) is 0 Å². The summed E-state index contributed by atoms with van der Waals surface area (Å²) >= 11 is 0. The molecule has 3 heteroatoms. The van der Waals surface area contributed by atoms with Gasteiger partial charge in [0.25, 0.3) is 0 Å². The summed E-state index contributed by atoms with van der Waals surface area (Å²) < 4.78 is 0. The van der Waals surface area contributed by atoms with E-state index in [1.807, 2.05) is 12.1 Å². The maximum atomic E-state index is 8.99. The monoisotopic (exact) mass is 197 g/mol. The van der Waals surface area contributed by atoms with Crippen LogP contribution < -0.4 is 0 Å². The molecule has 0 fully saturated rings. The van der Waals surface area contributed by atoms with Gasteiger partial charge in [-0.05, 0) is 18.6 Å². The van der Waals surface area contributed by atoms with Crippen LogP contribution in [0.2, 0.25) is 0 Å². The number of nitriles is 1. The molecular weight excluding hydrogens is 186 g/mol. The molecule has 0 N–H and O–H groups in total.